The van der Waals surface area contributed by atoms with Gasteiger partial charge in [-0.1, -0.05) is 25.1 Å². The quantitative estimate of drug-likeness (QED) is 0.816. The van der Waals surface area contributed by atoms with Crippen LogP contribution in [0.15, 0.2) is 30.3 Å². The third-order valence-electron chi connectivity index (χ3n) is 3.12. The summed E-state index contributed by atoms with van der Waals surface area (Å²) in [4.78, 5) is 16.1. The highest BCUT2D eigenvalue weighted by Gasteiger charge is 2.05. The molecule has 5 heteroatoms. The Hall–Kier alpha value is -2.14. The summed E-state index contributed by atoms with van der Waals surface area (Å²) in [6.45, 7) is 3.59. The van der Waals surface area contributed by atoms with Gasteiger partial charge in [-0.3, -0.25) is 4.79 Å². The van der Waals surface area contributed by atoms with E-state index in [9.17, 15) is 4.79 Å². The Morgan fingerprint density at radius 2 is 2.14 bits per heavy atom. The van der Waals surface area contributed by atoms with Crippen LogP contribution in [0.2, 0.25) is 0 Å². The second-order valence-corrected chi connectivity index (χ2v) is 4.79. The van der Waals surface area contributed by atoms with Crippen LogP contribution in [0.3, 0.4) is 0 Å². The van der Waals surface area contributed by atoms with Crippen molar-refractivity contribution in [2.24, 2.45) is 0 Å². The monoisotopic (exact) mass is 287 g/mol. The van der Waals surface area contributed by atoms with Crippen LogP contribution < -0.4 is 15.4 Å². The molecule has 0 saturated heterocycles. The maximum Gasteiger partial charge on any atom is 0.233 e. The fourth-order valence-electron chi connectivity index (χ4n) is 2.05. The van der Waals surface area contributed by atoms with Crippen molar-refractivity contribution in [2.75, 3.05) is 20.2 Å². The van der Waals surface area contributed by atoms with Crippen molar-refractivity contribution < 1.29 is 9.53 Å². The van der Waals surface area contributed by atoms with Gasteiger partial charge in [-0.25, -0.2) is 4.98 Å². The molecule has 2 aromatic rings. The molecular weight excluding hydrogens is 266 g/mol. The molecule has 1 amide bonds. The van der Waals surface area contributed by atoms with Crippen LogP contribution in [0.1, 0.15) is 19.0 Å². The number of para-hydroxylation sites is 1. The molecule has 0 spiro atoms. The fraction of sp³-hybridized carbons (Fsp3) is 0.375. The molecule has 21 heavy (non-hydrogen) atoms. The van der Waals surface area contributed by atoms with E-state index < -0.39 is 0 Å². The number of nitrogens with one attached hydrogen (secondary N) is 2. The molecule has 1 heterocycles. The first-order valence-corrected chi connectivity index (χ1v) is 7.14. The van der Waals surface area contributed by atoms with Gasteiger partial charge >= 0.3 is 0 Å². The maximum absolute atomic E-state index is 11.5. The van der Waals surface area contributed by atoms with Crippen molar-refractivity contribution in [1.82, 2.24) is 15.6 Å². The molecule has 112 valence electrons. The third kappa shape index (κ3) is 4.16. The zero-order valence-electron chi connectivity index (χ0n) is 12.5. The first kappa shape index (κ1) is 15.3. The van der Waals surface area contributed by atoms with Gasteiger partial charge < -0.3 is 15.4 Å². The van der Waals surface area contributed by atoms with Crippen LogP contribution in [-0.4, -0.2) is 31.1 Å². The summed E-state index contributed by atoms with van der Waals surface area (Å²) >= 11 is 0. The minimum atomic E-state index is 0.00946. The number of benzene rings is 1. The molecule has 5 nitrogen and oxygen atoms in total. The lowest BCUT2D eigenvalue weighted by Crippen LogP contribution is -2.34. The van der Waals surface area contributed by atoms with Crippen molar-refractivity contribution in [2.45, 2.75) is 19.9 Å². The summed E-state index contributed by atoms with van der Waals surface area (Å²) in [6, 6.07) is 9.81. The first-order chi connectivity index (χ1) is 10.2. The van der Waals surface area contributed by atoms with Crippen molar-refractivity contribution in [1.29, 1.82) is 0 Å². The molecule has 2 rings (SSSR count). The number of rotatable bonds is 7. The second kappa shape index (κ2) is 7.59. The largest absolute Gasteiger partial charge is 0.494 e. The Morgan fingerprint density at radius 3 is 2.90 bits per heavy atom. The predicted molar refractivity (Wildman–Crippen MR) is 83.3 cm³/mol. The van der Waals surface area contributed by atoms with Crippen LogP contribution in [0, 0.1) is 0 Å². The molecule has 0 saturated carbocycles. The molecular formula is C16H21N3O2. The Labute approximate surface area is 124 Å². The molecule has 0 atom stereocenters. The number of amides is 1. The van der Waals surface area contributed by atoms with E-state index in [2.05, 4.69) is 15.6 Å². The zero-order valence-corrected chi connectivity index (χ0v) is 12.5. The van der Waals surface area contributed by atoms with E-state index >= 15 is 0 Å². The number of ether oxygens (including phenoxy) is 1. The van der Waals surface area contributed by atoms with Crippen molar-refractivity contribution in [3.63, 3.8) is 0 Å². The average molecular weight is 287 g/mol. The van der Waals surface area contributed by atoms with Crippen LogP contribution in [0.5, 0.6) is 5.75 Å². The third-order valence-corrected chi connectivity index (χ3v) is 3.12. The maximum atomic E-state index is 11.5. The number of hydrogen-bond acceptors (Lipinski definition) is 4. The van der Waals surface area contributed by atoms with E-state index in [0.717, 1.165) is 28.8 Å². The summed E-state index contributed by atoms with van der Waals surface area (Å²) in [5.74, 6) is 0.769. The molecule has 0 bridgehead atoms. The van der Waals surface area contributed by atoms with Crippen LogP contribution in [0.25, 0.3) is 10.9 Å². The Bertz CT molecular complexity index is 613. The van der Waals surface area contributed by atoms with Gasteiger partial charge in [0.15, 0.2) is 0 Å². The first-order valence-electron chi connectivity index (χ1n) is 7.14. The van der Waals surface area contributed by atoms with E-state index in [-0.39, 0.29) is 5.91 Å². The van der Waals surface area contributed by atoms with E-state index in [1.807, 2.05) is 37.3 Å². The van der Waals surface area contributed by atoms with Gasteiger partial charge in [-0.15, -0.1) is 0 Å². The minimum absolute atomic E-state index is 0.00946. The summed E-state index contributed by atoms with van der Waals surface area (Å²) in [5, 5.41) is 6.96. The number of fused-ring (bicyclic) bond motifs is 1. The van der Waals surface area contributed by atoms with Gasteiger partial charge in [-0.05, 0) is 18.6 Å². The number of pyridine rings is 1. The van der Waals surface area contributed by atoms with Crippen molar-refractivity contribution in [3.05, 3.63) is 36.0 Å². The molecule has 0 aliphatic heterocycles. The van der Waals surface area contributed by atoms with Crippen LogP contribution in [-0.2, 0) is 11.3 Å². The number of carbonyl (C=O) groups excluding carboxylic acids is 1. The summed E-state index contributed by atoms with van der Waals surface area (Å²) in [7, 11) is 1.64. The van der Waals surface area contributed by atoms with Crippen LogP contribution in [0.4, 0.5) is 0 Å². The molecule has 0 aliphatic carbocycles. The van der Waals surface area contributed by atoms with Gasteiger partial charge in [-0.2, -0.15) is 0 Å². The summed E-state index contributed by atoms with van der Waals surface area (Å²) in [5.41, 5.74) is 1.73. The van der Waals surface area contributed by atoms with Gasteiger partial charge in [0.05, 0.1) is 19.3 Å². The van der Waals surface area contributed by atoms with Gasteiger partial charge in [0.2, 0.25) is 5.91 Å². The fourth-order valence-corrected chi connectivity index (χ4v) is 2.05. The molecule has 1 aromatic heterocycles. The number of aromatic nitrogens is 1. The molecule has 0 aliphatic rings. The lowest BCUT2D eigenvalue weighted by Gasteiger charge is -2.08. The predicted octanol–water partition coefficient (Wildman–Crippen LogP) is 1.86. The molecule has 2 N–H and O–H groups in total. The molecule has 0 unspecified atom stereocenters. The highest BCUT2D eigenvalue weighted by molar-refractivity contribution is 5.84. The Kier molecular flexibility index (Phi) is 5.51. The number of carbonyl (C=O) groups is 1. The number of methoxy groups -OCH3 is 1. The lowest BCUT2D eigenvalue weighted by atomic mass is 10.2. The van der Waals surface area contributed by atoms with E-state index in [0.29, 0.717) is 19.6 Å². The topological polar surface area (TPSA) is 63.2 Å². The van der Waals surface area contributed by atoms with Gasteiger partial charge in [0.1, 0.15) is 11.3 Å². The standard InChI is InChI=1S/C16H21N3O2/c1-3-9-18-15(20)11-17-10-13-8-7-12-5-4-6-14(21-2)16(12)19-13/h4-8,17H,3,9-11H2,1-2H3,(H,18,20). The normalized spacial score (nSPS) is 10.6. The Morgan fingerprint density at radius 1 is 1.29 bits per heavy atom. The van der Waals surface area contributed by atoms with Crippen LogP contribution >= 0.6 is 0 Å². The second-order valence-electron chi connectivity index (χ2n) is 4.79. The Balaban J connectivity index is 1.98. The molecule has 0 radical (unpaired) electrons. The highest BCUT2D eigenvalue weighted by Crippen LogP contribution is 2.23. The zero-order chi connectivity index (χ0) is 15.1. The summed E-state index contributed by atoms with van der Waals surface area (Å²) in [6.07, 6.45) is 0.942. The van der Waals surface area contributed by atoms with Gasteiger partial charge in [0, 0.05) is 18.5 Å². The van der Waals surface area contributed by atoms with E-state index in [1.54, 1.807) is 7.11 Å². The SMILES string of the molecule is CCCNC(=O)CNCc1ccc2cccc(OC)c2n1. The number of nitrogens with zero attached hydrogens (tertiary/aromatic N) is 1. The van der Waals surface area contributed by atoms with Crippen molar-refractivity contribution in [3.8, 4) is 5.75 Å². The van der Waals surface area contributed by atoms with E-state index in [4.69, 9.17) is 4.74 Å². The number of hydrogen-bond donors (Lipinski definition) is 2. The molecule has 0 fully saturated rings. The summed E-state index contributed by atoms with van der Waals surface area (Å²) < 4.78 is 5.32. The minimum Gasteiger partial charge on any atom is -0.494 e. The molecule has 1 aromatic carbocycles. The highest BCUT2D eigenvalue weighted by atomic mass is 16.5. The van der Waals surface area contributed by atoms with E-state index in [1.165, 1.54) is 0 Å². The lowest BCUT2D eigenvalue weighted by molar-refractivity contribution is -0.120. The van der Waals surface area contributed by atoms with Crippen molar-refractivity contribution >= 4 is 16.8 Å². The average Bonchev–Trinajstić information content (AvgIpc) is 2.52. The van der Waals surface area contributed by atoms with Gasteiger partial charge in [0.25, 0.3) is 0 Å². The smallest absolute Gasteiger partial charge is 0.233 e.